The molecule has 0 aliphatic carbocycles. The summed E-state index contributed by atoms with van der Waals surface area (Å²) in [5, 5.41) is 19.8. The summed E-state index contributed by atoms with van der Waals surface area (Å²) in [6.45, 7) is 0.0560. The highest BCUT2D eigenvalue weighted by atomic mass is 16.6. The Morgan fingerprint density at radius 2 is 2.30 bits per heavy atom. The number of rotatable bonds is 5. The molecule has 0 bridgehead atoms. The van der Waals surface area contributed by atoms with E-state index >= 15 is 0 Å². The molecule has 1 aromatic heterocycles. The first-order valence-electron chi connectivity index (χ1n) is 5.58. The molecule has 0 unspecified atom stereocenters. The topological polar surface area (TPSA) is 107 Å². The highest BCUT2D eigenvalue weighted by Gasteiger charge is 2.18. The van der Waals surface area contributed by atoms with Crippen molar-refractivity contribution in [3.8, 4) is 5.75 Å². The van der Waals surface area contributed by atoms with Gasteiger partial charge in [0, 0.05) is 19.2 Å². The number of hydrogen-bond acceptors (Lipinski definition) is 5. The van der Waals surface area contributed by atoms with E-state index in [9.17, 15) is 14.9 Å². The Kier molecular flexibility index (Phi) is 3.65. The molecule has 8 nitrogen and oxygen atoms in total. The normalized spacial score (nSPS) is 10.2. The lowest BCUT2D eigenvalue weighted by molar-refractivity contribution is -0.386. The molecule has 0 atom stereocenters. The lowest BCUT2D eigenvalue weighted by Gasteiger charge is -2.08. The molecule has 0 fully saturated rings. The number of carboxylic acid groups (broad SMARTS) is 1. The standard InChI is InChI=1S/C12H11N3O5/c1-14-7-13-5-9(14)6-20-11-4-8(12(16)17)2-3-10(11)15(18)19/h2-5,7H,6H2,1H3,(H,16,17). The third-order valence-electron chi connectivity index (χ3n) is 2.70. The Morgan fingerprint density at radius 3 is 2.85 bits per heavy atom. The Bertz CT molecular complexity index is 665. The molecule has 0 spiro atoms. The number of benzene rings is 1. The fourth-order valence-corrected chi connectivity index (χ4v) is 1.59. The van der Waals surface area contributed by atoms with Crippen molar-refractivity contribution in [1.29, 1.82) is 0 Å². The molecule has 104 valence electrons. The molecule has 0 saturated carbocycles. The average Bonchev–Trinajstić information content (AvgIpc) is 2.81. The van der Waals surface area contributed by atoms with Gasteiger partial charge < -0.3 is 14.4 Å². The predicted octanol–water partition coefficient (Wildman–Crippen LogP) is 1.61. The monoisotopic (exact) mass is 277 g/mol. The van der Waals surface area contributed by atoms with Gasteiger partial charge in [0.15, 0.2) is 5.75 Å². The van der Waals surface area contributed by atoms with Crippen LogP contribution in [0.2, 0.25) is 0 Å². The number of nitrogens with zero attached hydrogens (tertiary/aromatic N) is 3. The largest absolute Gasteiger partial charge is 0.480 e. The zero-order chi connectivity index (χ0) is 14.7. The van der Waals surface area contributed by atoms with E-state index in [2.05, 4.69) is 4.98 Å². The molecule has 0 amide bonds. The zero-order valence-corrected chi connectivity index (χ0v) is 10.5. The molecule has 2 rings (SSSR count). The van der Waals surface area contributed by atoms with E-state index in [4.69, 9.17) is 9.84 Å². The number of aromatic carboxylic acids is 1. The van der Waals surface area contributed by atoms with Crippen LogP contribution in [0.5, 0.6) is 5.75 Å². The number of nitro benzene ring substituents is 1. The minimum absolute atomic E-state index is 0.0560. The molecule has 1 N–H and O–H groups in total. The maximum Gasteiger partial charge on any atom is 0.335 e. The van der Waals surface area contributed by atoms with Crippen molar-refractivity contribution in [2.75, 3.05) is 0 Å². The van der Waals surface area contributed by atoms with Crippen molar-refractivity contribution in [3.05, 3.63) is 52.1 Å². The molecule has 0 saturated heterocycles. The van der Waals surface area contributed by atoms with Crippen molar-refractivity contribution in [3.63, 3.8) is 0 Å². The SMILES string of the molecule is Cn1cncc1COc1cc(C(=O)O)ccc1[N+](=O)[O-]. The summed E-state index contributed by atoms with van der Waals surface area (Å²) in [6.07, 6.45) is 3.13. The number of carbonyl (C=O) groups is 1. The van der Waals surface area contributed by atoms with Gasteiger partial charge in [-0.25, -0.2) is 9.78 Å². The molecule has 0 aliphatic rings. The number of hydrogen-bond donors (Lipinski definition) is 1. The van der Waals surface area contributed by atoms with E-state index in [0.29, 0.717) is 5.69 Å². The van der Waals surface area contributed by atoms with Gasteiger partial charge in [-0.15, -0.1) is 0 Å². The zero-order valence-electron chi connectivity index (χ0n) is 10.5. The first-order chi connectivity index (χ1) is 9.49. The van der Waals surface area contributed by atoms with Crippen molar-refractivity contribution in [2.45, 2.75) is 6.61 Å². The van der Waals surface area contributed by atoms with Gasteiger partial charge in [-0.05, 0) is 6.07 Å². The molecule has 0 radical (unpaired) electrons. The molecule has 20 heavy (non-hydrogen) atoms. The second-order valence-electron chi connectivity index (χ2n) is 4.03. The number of aromatic nitrogens is 2. The van der Waals surface area contributed by atoms with E-state index in [1.54, 1.807) is 24.1 Å². The maximum absolute atomic E-state index is 10.9. The molecule has 1 heterocycles. The van der Waals surface area contributed by atoms with Gasteiger partial charge in [0.2, 0.25) is 0 Å². The second kappa shape index (κ2) is 5.39. The van der Waals surface area contributed by atoms with Crippen LogP contribution in [0, 0.1) is 10.1 Å². The summed E-state index contributed by atoms with van der Waals surface area (Å²) in [7, 11) is 1.76. The van der Waals surface area contributed by atoms with Gasteiger partial charge >= 0.3 is 11.7 Å². The van der Waals surface area contributed by atoms with Crippen LogP contribution in [0.25, 0.3) is 0 Å². The summed E-state index contributed by atoms with van der Waals surface area (Å²) in [5.74, 6) is -1.26. The van der Waals surface area contributed by atoms with E-state index < -0.39 is 10.9 Å². The van der Waals surface area contributed by atoms with Crippen LogP contribution in [0.15, 0.2) is 30.7 Å². The maximum atomic E-state index is 10.9. The van der Waals surface area contributed by atoms with Crippen LogP contribution < -0.4 is 4.74 Å². The van der Waals surface area contributed by atoms with Crippen molar-refractivity contribution in [1.82, 2.24) is 9.55 Å². The van der Waals surface area contributed by atoms with Crippen LogP contribution in [0.4, 0.5) is 5.69 Å². The Morgan fingerprint density at radius 1 is 1.55 bits per heavy atom. The predicted molar refractivity (Wildman–Crippen MR) is 67.6 cm³/mol. The number of imidazole rings is 1. The van der Waals surface area contributed by atoms with Crippen LogP contribution in [-0.4, -0.2) is 25.6 Å². The molecular formula is C12H11N3O5. The van der Waals surface area contributed by atoms with E-state index in [1.165, 1.54) is 0 Å². The number of aryl methyl sites for hydroxylation is 1. The van der Waals surface area contributed by atoms with Crippen LogP contribution in [-0.2, 0) is 13.7 Å². The number of ether oxygens (including phenoxy) is 1. The lowest BCUT2D eigenvalue weighted by Crippen LogP contribution is -2.04. The summed E-state index contributed by atoms with van der Waals surface area (Å²) >= 11 is 0. The smallest absolute Gasteiger partial charge is 0.335 e. The first kappa shape index (κ1) is 13.5. The minimum atomic E-state index is -1.18. The van der Waals surface area contributed by atoms with Gasteiger partial charge in [-0.1, -0.05) is 0 Å². The summed E-state index contributed by atoms with van der Waals surface area (Å²) in [4.78, 5) is 25.0. The van der Waals surface area contributed by atoms with E-state index in [-0.39, 0.29) is 23.6 Å². The third kappa shape index (κ3) is 2.74. The van der Waals surface area contributed by atoms with Crippen molar-refractivity contribution >= 4 is 11.7 Å². The van der Waals surface area contributed by atoms with Crippen LogP contribution in [0.1, 0.15) is 16.1 Å². The Balaban J connectivity index is 2.28. The molecular weight excluding hydrogens is 266 g/mol. The number of carboxylic acids is 1. The van der Waals surface area contributed by atoms with Gasteiger partial charge in [0.1, 0.15) is 6.61 Å². The molecule has 1 aromatic carbocycles. The van der Waals surface area contributed by atoms with Crippen LogP contribution >= 0.6 is 0 Å². The summed E-state index contributed by atoms with van der Waals surface area (Å²) in [5.41, 5.74) is 0.354. The van der Waals surface area contributed by atoms with Gasteiger partial charge in [-0.2, -0.15) is 0 Å². The average molecular weight is 277 g/mol. The lowest BCUT2D eigenvalue weighted by atomic mass is 10.2. The highest BCUT2D eigenvalue weighted by Crippen LogP contribution is 2.28. The van der Waals surface area contributed by atoms with Crippen LogP contribution in [0.3, 0.4) is 0 Å². The first-order valence-corrected chi connectivity index (χ1v) is 5.58. The second-order valence-corrected chi connectivity index (χ2v) is 4.03. The third-order valence-corrected chi connectivity index (χ3v) is 2.70. The highest BCUT2D eigenvalue weighted by molar-refractivity contribution is 5.88. The van der Waals surface area contributed by atoms with Gasteiger partial charge in [0.05, 0.1) is 28.7 Å². The van der Waals surface area contributed by atoms with E-state index in [0.717, 1.165) is 18.2 Å². The number of nitro groups is 1. The Hall–Kier alpha value is -2.90. The quantitative estimate of drug-likeness (QED) is 0.657. The Labute approximate surface area is 113 Å². The van der Waals surface area contributed by atoms with Gasteiger partial charge in [0.25, 0.3) is 0 Å². The fourth-order valence-electron chi connectivity index (χ4n) is 1.59. The van der Waals surface area contributed by atoms with Crippen molar-refractivity contribution < 1.29 is 19.6 Å². The fraction of sp³-hybridized carbons (Fsp3) is 0.167. The minimum Gasteiger partial charge on any atom is -0.480 e. The molecule has 2 aromatic rings. The molecule has 8 heteroatoms. The summed E-state index contributed by atoms with van der Waals surface area (Å²) in [6, 6.07) is 3.41. The molecule has 0 aliphatic heterocycles. The van der Waals surface area contributed by atoms with Crippen molar-refractivity contribution in [2.24, 2.45) is 7.05 Å². The summed E-state index contributed by atoms with van der Waals surface area (Å²) < 4.78 is 7.05. The van der Waals surface area contributed by atoms with Gasteiger partial charge in [-0.3, -0.25) is 10.1 Å². The van der Waals surface area contributed by atoms with E-state index in [1.807, 2.05) is 0 Å².